The van der Waals surface area contributed by atoms with Crippen LogP contribution in [0.2, 0.25) is 0 Å². The highest BCUT2D eigenvalue weighted by Crippen LogP contribution is 2.39. The molecular formula is C25H31N5OS. The number of piperidine rings is 1. The van der Waals surface area contributed by atoms with Crippen LogP contribution in [0.4, 0.5) is 5.82 Å². The van der Waals surface area contributed by atoms with Gasteiger partial charge in [0.1, 0.15) is 16.9 Å². The summed E-state index contributed by atoms with van der Waals surface area (Å²) in [4.78, 5) is 6.96. The summed E-state index contributed by atoms with van der Waals surface area (Å²) in [6.45, 7) is 10.5. The molecule has 1 atom stereocenters. The maximum Gasteiger partial charge on any atom is 0.161 e. The van der Waals surface area contributed by atoms with E-state index in [1.807, 2.05) is 18.2 Å². The summed E-state index contributed by atoms with van der Waals surface area (Å²) in [5, 5.41) is 15.4. The number of nitrogens with one attached hydrogen (secondary N) is 3. The lowest BCUT2D eigenvalue weighted by Gasteiger charge is -2.23. The molecule has 3 heterocycles. The smallest absolute Gasteiger partial charge is 0.161 e. The van der Waals surface area contributed by atoms with Gasteiger partial charge in [0.05, 0.1) is 0 Å². The van der Waals surface area contributed by atoms with Crippen LogP contribution in [0.25, 0.3) is 15.9 Å². The summed E-state index contributed by atoms with van der Waals surface area (Å²) in [5.41, 5.74) is 3.15. The third-order valence-electron chi connectivity index (χ3n) is 5.51. The van der Waals surface area contributed by atoms with Crippen molar-refractivity contribution in [3.63, 3.8) is 0 Å². The number of hydrogen-bond donors (Lipinski definition) is 3. The number of aromatic nitrogens is 3. The van der Waals surface area contributed by atoms with Gasteiger partial charge < -0.3 is 15.4 Å². The Labute approximate surface area is 193 Å². The van der Waals surface area contributed by atoms with E-state index in [0.717, 1.165) is 54.2 Å². The van der Waals surface area contributed by atoms with Crippen molar-refractivity contribution in [3.8, 4) is 11.5 Å². The molecule has 1 aliphatic heterocycles. The minimum absolute atomic E-state index is 0.346. The number of H-pyrrole nitrogens is 1. The second kappa shape index (κ2) is 10.2. The predicted molar refractivity (Wildman–Crippen MR) is 135 cm³/mol. The van der Waals surface area contributed by atoms with Gasteiger partial charge in [-0.1, -0.05) is 35.5 Å². The first-order valence-corrected chi connectivity index (χ1v) is 11.9. The minimum Gasteiger partial charge on any atom is -0.456 e. The molecular weight excluding hydrogens is 418 g/mol. The number of ether oxygens (including phenoxy) is 1. The largest absolute Gasteiger partial charge is 0.456 e. The molecule has 1 saturated heterocycles. The van der Waals surface area contributed by atoms with Crippen molar-refractivity contribution in [3.05, 3.63) is 58.6 Å². The first-order valence-electron chi connectivity index (χ1n) is 11.1. The Morgan fingerprint density at radius 3 is 2.88 bits per heavy atom. The van der Waals surface area contributed by atoms with Gasteiger partial charge in [0.2, 0.25) is 0 Å². The van der Waals surface area contributed by atoms with Gasteiger partial charge in [-0.15, -0.1) is 0 Å². The Morgan fingerprint density at radius 1 is 1.25 bits per heavy atom. The number of fused-ring (bicyclic) bond motifs is 1. The van der Waals surface area contributed by atoms with Crippen LogP contribution in [0, 0.1) is 0 Å². The molecule has 6 nitrogen and oxygen atoms in total. The molecule has 3 aromatic rings. The number of benzene rings is 1. The first-order chi connectivity index (χ1) is 15.5. The number of pyridine rings is 1. The highest BCUT2D eigenvalue weighted by Gasteiger charge is 2.19. The van der Waals surface area contributed by atoms with E-state index in [-0.39, 0.29) is 0 Å². The standard InChI is InChI=1S/C25H31N5OS/c1-5-17(4)32-23(16(2)3)18-8-6-10-20(14-18)31-21-11-13-27-24-22(21)25(30-29-24)28-19-9-7-12-26-15-19/h5-6,8,10-11,13-14,19,26H,7,9,12,15H2,1-4H3,(H2,27,28,29,30)/b17-5-. The zero-order chi connectivity index (χ0) is 22.5. The molecule has 7 heteroatoms. The lowest BCUT2D eigenvalue weighted by molar-refractivity contribution is 0.478. The maximum atomic E-state index is 6.38. The molecule has 168 valence electrons. The van der Waals surface area contributed by atoms with Crippen molar-refractivity contribution < 1.29 is 4.74 Å². The highest BCUT2D eigenvalue weighted by atomic mass is 32.2. The summed E-state index contributed by atoms with van der Waals surface area (Å²) in [7, 11) is 0. The molecule has 1 aliphatic rings. The van der Waals surface area contributed by atoms with Gasteiger partial charge in [0.15, 0.2) is 11.5 Å². The molecule has 0 aliphatic carbocycles. The fourth-order valence-corrected chi connectivity index (χ4v) is 4.67. The average molecular weight is 450 g/mol. The second-order valence-electron chi connectivity index (χ2n) is 8.25. The predicted octanol–water partition coefficient (Wildman–Crippen LogP) is 6.32. The second-order valence-corrected chi connectivity index (χ2v) is 9.51. The van der Waals surface area contributed by atoms with Crippen LogP contribution < -0.4 is 15.4 Å². The van der Waals surface area contributed by atoms with Crippen molar-refractivity contribution in [2.24, 2.45) is 0 Å². The SMILES string of the molecule is C/C=C(/C)SC(=C(C)C)c1cccc(Oc2ccnc3[nH]nc(NC4CCCNC4)c23)c1. The van der Waals surface area contributed by atoms with Crippen molar-refractivity contribution in [1.29, 1.82) is 0 Å². The molecule has 0 amide bonds. The number of allylic oxidation sites excluding steroid dienone is 3. The number of aromatic amines is 1. The van der Waals surface area contributed by atoms with Gasteiger partial charge in [-0.25, -0.2) is 4.98 Å². The molecule has 4 rings (SSSR count). The number of nitrogens with zero attached hydrogens (tertiary/aromatic N) is 2. The van der Waals surface area contributed by atoms with E-state index in [9.17, 15) is 0 Å². The van der Waals surface area contributed by atoms with Crippen molar-refractivity contribution in [2.75, 3.05) is 18.4 Å². The molecule has 2 aromatic heterocycles. The summed E-state index contributed by atoms with van der Waals surface area (Å²) >= 11 is 1.79. The van der Waals surface area contributed by atoms with E-state index >= 15 is 0 Å². The normalized spacial score (nSPS) is 16.8. The van der Waals surface area contributed by atoms with Crippen molar-refractivity contribution in [2.45, 2.75) is 46.6 Å². The van der Waals surface area contributed by atoms with Crippen LogP contribution in [0.15, 0.2) is 53.1 Å². The Bertz CT molecular complexity index is 1140. The number of hydrogen-bond acceptors (Lipinski definition) is 6. The van der Waals surface area contributed by atoms with Crippen LogP contribution in [-0.2, 0) is 0 Å². The van der Waals surface area contributed by atoms with Gasteiger partial charge in [-0.3, -0.25) is 5.10 Å². The van der Waals surface area contributed by atoms with Gasteiger partial charge in [-0.05, 0) is 69.7 Å². The number of thioether (sulfide) groups is 1. The average Bonchev–Trinajstić information content (AvgIpc) is 3.21. The summed E-state index contributed by atoms with van der Waals surface area (Å²) in [6, 6.07) is 10.5. The van der Waals surface area contributed by atoms with E-state index in [0.29, 0.717) is 11.7 Å². The first kappa shape index (κ1) is 22.4. The third kappa shape index (κ3) is 5.16. The Hall–Kier alpha value is -2.77. The monoisotopic (exact) mass is 449 g/mol. The summed E-state index contributed by atoms with van der Waals surface area (Å²) in [6.07, 6.45) is 6.16. The topological polar surface area (TPSA) is 74.9 Å². The maximum absolute atomic E-state index is 6.38. The zero-order valence-corrected chi connectivity index (χ0v) is 20.0. The zero-order valence-electron chi connectivity index (χ0n) is 19.2. The molecule has 1 aromatic carbocycles. The third-order valence-corrected chi connectivity index (χ3v) is 6.91. The lowest BCUT2D eigenvalue weighted by Crippen LogP contribution is -2.38. The van der Waals surface area contributed by atoms with Crippen molar-refractivity contribution >= 4 is 33.5 Å². The van der Waals surface area contributed by atoms with Crippen molar-refractivity contribution in [1.82, 2.24) is 20.5 Å². The molecule has 32 heavy (non-hydrogen) atoms. The molecule has 0 saturated carbocycles. The quantitative estimate of drug-likeness (QED) is 0.392. The van der Waals surface area contributed by atoms with Crippen LogP contribution >= 0.6 is 11.8 Å². The van der Waals surface area contributed by atoms with Gasteiger partial charge in [0.25, 0.3) is 0 Å². The van der Waals surface area contributed by atoms with Gasteiger partial charge in [-0.2, -0.15) is 5.10 Å². The van der Waals surface area contributed by atoms with Gasteiger partial charge in [0, 0.05) is 29.8 Å². The summed E-state index contributed by atoms with van der Waals surface area (Å²) in [5.74, 6) is 2.32. The van der Waals surface area contributed by atoms with Crippen LogP contribution in [-0.4, -0.2) is 34.3 Å². The fraction of sp³-hybridized carbons (Fsp3) is 0.360. The molecule has 0 spiro atoms. The molecule has 0 radical (unpaired) electrons. The Kier molecular flexibility index (Phi) is 7.17. The van der Waals surface area contributed by atoms with Crippen LogP contribution in [0.3, 0.4) is 0 Å². The molecule has 0 bridgehead atoms. The van der Waals surface area contributed by atoms with Crippen LogP contribution in [0.1, 0.15) is 46.1 Å². The van der Waals surface area contributed by atoms with Crippen LogP contribution in [0.5, 0.6) is 11.5 Å². The minimum atomic E-state index is 0.346. The van der Waals surface area contributed by atoms with E-state index in [4.69, 9.17) is 4.74 Å². The number of anilines is 1. The van der Waals surface area contributed by atoms with Gasteiger partial charge >= 0.3 is 0 Å². The molecule has 1 unspecified atom stereocenters. The van der Waals surface area contributed by atoms with E-state index in [2.05, 4.69) is 71.7 Å². The van der Waals surface area contributed by atoms with E-state index < -0.39 is 0 Å². The molecule has 1 fully saturated rings. The molecule has 3 N–H and O–H groups in total. The lowest BCUT2D eigenvalue weighted by atomic mass is 10.1. The Morgan fingerprint density at radius 2 is 2.12 bits per heavy atom. The fourth-order valence-electron chi connectivity index (χ4n) is 3.78. The van der Waals surface area contributed by atoms with E-state index in [1.165, 1.54) is 15.4 Å². The number of rotatable bonds is 7. The Balaban J connectivity index is 1.63. The summed E-state index contributed by atoms with van der Waals surface area (Å²) < 4.78 is 6.38. The highest BCUT2D eigenvalue weighted by molar-refractivity contribution is 8.11. The van der Waals surface area contributed by atoms with E-state index in [1.54, 1.807) is 18.0 Å².